The highest BCUT2D eigenvalue weighted by Crippen LogP contribution is 2.33. The molecule has 2 aromatic rings. The van der Waals surface area contributed by atoms with Crippen LogP contribution in [-0.2, 0) is 6.18 Å². The molecule has 9 heteroatoms. The predicted molar refractivity (Wildman–Crippen MR) is 76.9 cm³/mol. The Hall–Kier alpha value is -2.35. The van der Waals surface area contributed by atoms with Gasteiger partial charge in [0.05, 0.1) is 10.6 Å². The van der Waals surface area contributed by atoms with E-state index in [0.29, 0.717) is 6.20 Å². The molecular weight excluding hydrogens is 335 g/mol. The number of halogens is 4. The molecule has 0 bridgehead atoms. The lowest BCUT2D eigenvalue weighted by molar-refractivity contribution is -0.137. The van der Waals surface area contributed by atoms with Gasteiger partial charge in [0.1, 0.15) is 11.4 Å². The third kappa shape index (κ3) is 4.10. The highest BCUT2D eigenvalue weighted by Gasteiger charge is 2.32. The topological polar surface area (TPSA) is 59.2 Å². The molecule has 2 heterocycles. The molecule has 2 rings (SSSR count). The van der Waals surface area contributed by atoms with Crippen LogP contribution in [0.4, 0.5) is 13.2 Å². The number of carbonyl (C=O) groups excluding carboxylic acids is 1. The van der Waals surface area contributed by atoms with Gasteiger partial charge in [0.2, 0.25) is 11.5 Å². The Labute approximate surface area is 134 Å². The van der Waals surface area contributed by atoms with Crippen molar-refractivity contribution in [3.63, 3.8) is 0 Å². The molecule has 0 radical (unpaired) electrons. The number of allylic oxidation sites excluding steroid dienone is 1. The molecule has 0 spiro atoms. The molecule has 0 aliphatic carbocycles. The van der Waals surface area contributed by atoms with Gasteiger partial charge in [-0.1, -0.05) is 16.8 Å². The number of alkyl halides is 3. The van der Waals surface area contributed by atoms with Crippen molar-refractivity contribution in [1.82, 2.24) is 15.0 Å². The molecule has 0 saturated heterocycles. The molecule has 0 N–H and O–H groups in total. The Morgan fingerprint density at radius 2 is 2.04 bits per heavy atom. The Morgan fingerprint density at radius 3 is 2.61 bits per heavy atom. The second-order valence-electron chi connectivity index (χ2n) is 4.77. The summed E-state index contributed by atoms with van der Waals surface area (Å²) < 4.78 is 42.6. The fourth-order valence-electron chi connectivity index (χ4n) is 1.58. The molecule has 2 aromatic heterocycles. The third-order valence-electron chi connectivity index (χ3n) is 2.69. The molecule has 0 amide bonds. The first-order valence-electron chi connectivity index (χ1n) is 6.27. The first-order valence-corrected chi connectivity index (χ1v) is 6.65. The van der Waals surface area contributed by atoms with Gasteiger partial charge < -0.3 is 9.42 Å². The van der Waals surface area contributed by atoms with Crippen molar-refractivity contribution < 1.29 is 22.5 Å². The molecule has 0 aromatic carbocycles. The fraction of sp³-hybridized carbons (Fsp3) is 0.214. The van der Waals surface area contributed by atoms with Crippen LogP contribution < -0.4 is 0 Å². The van der Waals surface area contributed by atoms with Crippen LogP contribution in [0.1, 0.15) is 16.1 Å². The molecule has 0 aliphatic rings. The van der Waals surface area contributed by atoms with Crippen LogP contribution in [0.2, 0.25) is 5.02 Å². The van der Waals surface area contributed by atoms with Crippen molar-refractivity contribution in [3.05, 3.63) is 47.0 Å². The number of hydrogen-bond donors (Lipinski definition) is 0. The Balaban J connectivity index is 2.29. The second-order valence-corrected chi connectivity index (χ2v) is 5.18. The van der Waals surface area contributed by atoms with Crippen LogP contribution in [0.3, 0.4) is 0 Å². The molecule has 0 aliphatic heterocycles. The van der Waals surface area contributed by atoms with Crippen LogP contribution in [0.15, 0.2) is 35.1 Å². The molecule has 5 nitrogen and oxygen atoms in total. The van der Waals surface area contributed by atoms with Gasteiger partial charge in [0.25, 0.3) is 0 Å². The Kier molecular flexibility index (Phi) is 4.74. The van der Waals surface area contributed by atoms with E-state index in [0.717, 1.165) is 6.07 Å². The first kappa shape index (κ1) is 17.0. The molecule has 0 fully saturated rings. The van der Waals surface area contributed by atoms with Crippen LogP contribution in [-0.4, -0.2) is 34.9 Å². The number of nitrogens with zero attached hydrogens (tertiary/aromatic N) is 3. The second kappa shape index (κ2) is 6.41. The number of ketones is 1. The number of aromatic nitrogens is 2. The van der Waals surface area contributed by atoms with E-state index in [1.807, 2.05) is 0 Å². The zero-order chi connectivity index (χ0) is 17.2. The van der Waals surface area contributed by atoms with Gasteiger partial charge in [-0.05, 0) is 6.07 Å². The van der Waals surface area contributed by atoms with E-state index in [2.05, 4.69) is 10.1 Å². The minimum atomic E-state index is -4.54. The van der Waals surface area contributed by atoms with E-state index < -0.39 is 17.5 Å². The summed E-state index contributed by atoms with van der Waals surface area (Å²) in [4.78, 5) is 17.1. The summed E-state index contributed by atoms with van der Waals surface area (Å²) in [7, 11) is 3.48. The number of hydrogen-bond acceptors (Lipinski definition) is 5. The van der Waals surface area contributed by atoms with Gasteiger partial charge in [0, 0.05) is 38.6 Å². The maximum Gasteiger partial charge on any atom is 0.417 e. The van der Waals surface area contributed by atoms with E-state index in [-0.39, 0.29) is 22.2 Å². The lowest BCUT2D eigenvalue weighted by Gasteiger charge is -2.07. The summed E-state index contributed by atoms with van der Waals surface area (Å²) in [5.41, 5.74) is -0.899. The lowest BCUT2D eigenvalue weighted by Crippen LogP contribution is -2.05. The van der Waals surface area contributed by atoms with E-state index in [9.17, 15) is 18.0 Å². The van der Waals surface area contributed by atoms with Crippen LogP contribution in [0, 0.1) is 0 Å². The van der Waals surface area contributed by atoms with E-state index in [1.165, 1.54) is 18.3 Å². The smallest absolute Gasteiger partial charge is 0.383 e. The minimum absolute atomic E-state index is 0.000874. The van der Waals surface area contributed by atoms with Gasteiger partial charge in [-0.3, -0.25) is 9.78 Å². The van der Waals surface area contributed by atoms with Gasteiger partial charge in [-0.15, -0.1) is 0 Å². The van der Waals surface area contributed by atoms with Crippen molar-refractivity contribution in [3.8, 4) is 11.4 Å². The molecule has 0 unspecified atom stereocenters. The summed E-state index contributed by atoms with van der Waals surface area (Å²) >= 11 is 5.81. The largest absolute Gasteiger partial charge is 0.417 e. The maximum atomic E-state index is 12.6. The molecule has 0 saturated carbocycles. The average molecular weight is 346 g/mol. The predicted octanol–water partition coefficient (Wildman–Crippen LogP) is 3.67. The van der Waals surface area contributed by atoms with Crippen molar-refractivity contribution >= 4 is 17.4 Å². The number of pyridine rings is 1. The minimum Gasteiger partial charge on any atom is -0.383 e. The van der Waals surface area contributed by atoms with Gasteiger partial charge in [-0.25, -0.2) is 0 Å². The summed E-state index contributed by atoms with van der Waals surface area (Å²) in [5, 5.41) is 3.38. The van der Waals surface area contributed by atoms with Crippen LogP contribution >= 0.6 is 11.6 Å². The first-order chi connectivity index (χ1) is 10.7. The van der Waals surface area contributed by atoms with Gasteiger partial charge >= 0.3 is 6.18 Å². The van der Waals surface area contributed by atoms with Gasteiger partial charge in [-0.2, -0.15) is 13.2 Å². The SMILES string of the molecule is CN(C)C=CC(=O)c1cc(-c2ncc(C(F)(F)F)cc2Cl)no1. The van der Waals surface area contributed by atoms with E-state index >= 15 is 0 Å². The molecular formula is C14H11ClF3N3O2. The third-order valence-corrected chi connectivity index (χ3v) is 2.98. The summed E-state index contributed by atoms with van der Waals surface area (Å²) in [6.45, 7) is 0. The van der Waals surface area contributed by atoms with Crippen molar-refractivity contribution in [2.24, 2.45) is 0 Å². The maximum absolute atomic E-state index is 12.6. The highest BCUT2D eigenvalue weighted by atomic mass is 35.5. The Bertz CT molecular complexity index is 754. The van der Waals surface area contributed by atoms with E-state index in [4.69, 9.17) is 16.1 Å². The summed E-state index contributed by atoms with van der Waals surface area (Å²) in [5.74, 6) is -0.517. The number of carbonyl (C=O) groups is 1. The monoisotopic (exact) mass is 345 g/mol. The van der Waals surface area contributed by atoms with Crippen LogP contribution in [0.25, 0.3) is 11.4 Å². The van der Waals surface area contributed by atoms with Crippen molar-refractivity contribution in [2.45, 2.75) is 6.18 Å². The Morgan fingerprint density at radius 1 is 1.35 bits per heavy atom. The zero-order valence-electron chi connectivity index (χ0n) is 12.1. The molecule has 122 valence electrons. The summed E-state index contributed by atoms with van der Waals surface area (Å²) in [6, 6.07) is 2.01. The highest BCUT2D eigenvalue weighted by molar-refractivity contribution is 6.33. The standard InChI is InChI=1S/C14H11ClF3N3O2/c1-21(2)4-3-11(22)12-6-10(20-23-12)13-9(15)5-8(7-19-13)14(16,17)18/h3-7H,1-2H3. The quantitative estimate of drug-likeness (QED) is 0.625. The van der Waals surface area contributed by atoms with Crippen LogP contribution in [0.5, 0.6) is 0 Å². The van der Waals surface area contributed by atoms with Crippen molar-refractivity contribution in [1.29, 1.82) is 0 Å². The fourth-order valence-corrected chi connectivity index (χ4v) is 1.85. The zero-order valence-corrected chi connectivity index (χ0v) is 12.8. The molecule has 0 atom stereocenters. The lowest BCUT2D eigenvalue weighted by atomic mass is 10.2. The molecule has 23 heavy (non-hydrogen) atoms. The normalized spacial score (nSPS) is 11.9. The number of rotatable bonds is 4. The summed E-state index contributed by atoms with van der Waals surface area (Å²) in [6.07, 6.45) is -1.11. The van der Waals surface area contributed by atoms with E-state index in [1.54, 1.807) is 19.0 Å². The van der Waals surface area contributed by atoms with Gasteiger partial charge in [0.15, 0.2) is 0 Å². The van der Waals surface area contributed by atoms with Crippen molar-refractivity contribution in [2.75, 3.05) is 14.1 Å². The average Bonchev–Trinajstić information content (AvgIpc) is 2.93.